The molecule has 0 bridgehead atoms. The molecule has 1 rings (SSSR count). The van der Waals surface area contributed by atoms with E-state index in [2.05, 4.69) is 13.8 Å². The summed E-state index contributed by atoms with van der Waals surface area (Å²) in [7, 11) is 0. The molecule has 1 unspecified atom stereocenters. The zero-order chi connectivity index (χ0) is 13.7. The Bertz CT molecular complexity index is 420. The maximum atomic E-state index is 13.2. The van der Waals surface area contributed by atoms with Crippen LogP contribution >= 0.6 is 12.2 Å². The fourth-order valence-corrected chi connectivity index (χ4v) is 2.09. The van der Waals surface area contributed by atoms with Gasteiger partial charge in [0.05, 0.1) is 12.7 Å². The third-order valence-corrected chi connectivity index (χ3v) is 2.88. The Labute approximate surface area is 113 Å². The van der Waals surface area contributed by atoms with Gasteiger partial charge < -0.3 is 10.5 Å². The first kappa shape index (κ1) is 15.1. The van der Waals surface area contributed by atoms with Crippen molar-refractivity contribution in [3.63, 3.8) is 0 Å². The zero-order valence-corrected chi connectivity index (χ0v) is 11.9. The van der Waals surface area contributed by atoms with Gasteiger partial charge >= 0.3 is 0 Å². The lowest BCUT2D eigenvalue weighted by Crippen LogP contribution is -2.16. The molecule has 0 radical (unpaired) electrons. The second-order valence-corrected chi connectivity index (χ2v) is 5.36. The average Bonchev–Trinajstić information content (AvgIpc) is 2.25. The first-order chi connectivity index (χ1) is 8.40. The Morgan fingerprint density at radius 1 is 1.39 bits per heavy atom. The summed E-state index contributed by atoms with van der Waals surface area (Å²) in [5.41, 5.74) is 7.00. The van der Waals surface area contributed by atoms with Crippen LogP contribution in [-0.2, 0) is 11.3 Å². The molecule has 0 heterocycles. The molecule has 0 spiro atoms. The number of thiocarbonyl (C=S) groups is 1. The van der Waals surface area contributed by atoms with Crippen LogP contribution < -0.4 is 5.73 Å². The molecular weight excluding hydrogens is 249 g/mol. The van der Waals surface area contributed by atoms with Gasteiger partial charge in [0, 0.05) is 5.56 Å². The lowest BCUT2D eigenvalue weighted by atomic mass is 10.1. The van der Waals surface area contributed by atoms with E-state index in [9.17, 15) is 4.39 Å². The summed E-state index contributed by atoms with van der Waals surface area (Å²) in [4.78, 5) is 0.269. The third kappa shape index (κ3) is 4.70. The molecule has 0 saturated carbocycles. The number of hydrogen-bond acceptors (Lipinski definition) is 2. The van der Waals surface area contributed by atoms with E-state index < -0.39 is 0 Å². The Morgan fingerprint density at radius 2 is 2.06 bits per heavy atom. The van der Waals surface area contributed by atoms with Gasteiger partial charge in [-0.25, -0.2) is 4.39 Å². The van der Waals surface area contributed by atoms with Crippen molar-refractivity contribution in [2.24, 2.45) is 11.7 Å². The monoisotopic (exact) mass is 269 g/mol. The molecule has 0 aromatic heterocycles. The van der Waals surface area contributed by atoms with Crippen LogP contribution in [0.1, 0.15) is 38.3 Å². The number of rotatable bonds is 6. The summed E-state index contributed by atoms with van der Waals surface area (Å²) in [5, 5.41) is 0. The molecule has 18 heavy (non-hydrogen) atoms. The third-order valence-electron chi connectivity index (χ3n) is 2.66. The number of nitrogens with two attached hydrogens (primary N) is 1. The topological polar surface area (TPSA) is 35.2 Å². The minimum atomic E-state index is -0.301. The highest BCUT2D eigenvalue weighted by Gasteiger charge is 2.10. The van der Waals surface area contributed by atoms with Crippen molar-refractivity contribution in [3.05, 3.63) is 35.1 Å². The molecule has 0 aliphatic rings. The van der Waals surface area contributed by atoms with Crippen molar-refractivity contribution >= 4 is 17.2 Å². The first-order valence-electron chi connectivity index (χ1n) is 6.10. The molecule has 0 amide bonds. The summed E-state index contributed by atoms with van der Waals surface area (Å²) < 4.78 is 18.9. The van der Waals surface area contributed by atoms with Crippen molar-refractivity contribution in [3.8, 4) is 0 Å². The fourth-order valence-electron chi connectivity index (χ4n) is 1.89. The SMILES string of the molecule is CC(C)CC(C)OCc1cc(F)ccc1C(N)=S. The Kier molecular flexibility index (Phi) is 5.69. The van der Waals surface area contributed by atoms with Crippen LogP contribution in [0.4, 0.5) is 4.39 Å². The minimum absolute atomic E-state index is 0.132. The van der Waals surface area contributed by atoms with E-state index in [1.807, 2.05) is 6.92 Å². The zero-order valence-electron chi connectivity index (χ0n) is 11.1. The Hall–Kier alpha value is -1.00. The van der Waals surface area contributed by atoms with Crippen LogP contribution in [0.2, 0.25) is 0 Å². The van der Waals surface area contributed by atoms with Gasteiger partial charge in [0.15, 0.2) is 0 Å². The smallest absolute Gasteiger partial charge is 0.123 e. The highest BCUT2D eigenvalue weighted by molar-refractivity contribution is 7.80. The molecule has 1 aromatic rings. The first-order valence-corrected chi connectivity index (χ1v) is 6.50. The van der Waals surface area contributed by atoms with E-state index in [1.165, 1.54) is 12.1 Å². The van der Waals surface area contributed by atoms with E-state index in [1.54, 1.807) is 6.07 Å². The summed E-state index contributed by atoms with van der Waals surface area (Å²) in [6.45, 7) is 6.63. The van der Waals surface area contributed by atoms with Gasteiger partial charge in [-0.15, -0.1) is 0 Å². The summed E-state index contributed by atoms with van der Waals surface area (Å²) >= 11 is 4.94. The van der Waals surface area contributed by atoms with Gasteiger partial charge in [0.25, 0.3) is 0 Å². The van der Waals surface area contributed by atoms with Gasteiger partial charge in [-0.05, 0) is 43.0 Å². The van der Waals surface area contributed by atoms with Gasteiger partial charge in [-0.2, -0.15) is 0 Å². The van der Waals surface area contributed by atoms with Crippen LogP contribution in [-0.4, -0.2) is 11.1 Å². The summed E-state index contributed by atoms with van der Waals surface area (Å²) in [6.07, 6.45) is 1.10. The second kappa shape index (κ2) is 6.81. The second-order valence-electron chi connectivity index (χ2n) is 4.92. The summed E-state index contributed by atoms with van der Waals surface area (Å²) in [6, 6.07) is 4.38. The maximum Gasteiger partial charge on any atom is 0.123 e. The fraction of sp³-hybridized carbons (Fsp3) is 0.500. The van der Waals surface area contributed by atoms with E-state index in [0.717, 1.165) is 6.42 Å². The highest BCUT2D eigenvalue weighted by atomic mass is 32.1. The molecule has 1 aromatic carbocycles. The molecule has 0 fully saturated rings. The van der Waals surface area contributed by atoms with Gasteiger partial charge in [-0.3, -0.25) is 0 Å². The molecule has 1 atom stereocenters. The normalized spacial score (nSPS) is 12.7. The van der Waals surface area contributed by atoms with Gasteiger partial charge in [0.1, 0.15) is 10.8 Å². The van der Waals surface area contributed by atoms with Crippen LogP contribution in [0.15, 0.2) is 18.2 Å². The van der Waals surface area contributed by atoms with Crippen molar-refractivity contribution in [2.45, 2.75) is 39.9 Å². The maximum absolute atomic E-state index is 13.2. The molecule has 2 nitrogen and oxygen atoms in total. The van der Waals surface area contributed by atoms with E-state index in [0.29, 0.717) is 23.7 Å². The van der Waals surface area contributed by atoms with Crippen LogP contribution in [0, 0.1) is 11.7 Å². The number of halogens is 1. The van der Waals surface area contributed by atoms with Crippen LogP contribution in [0.25, 0.3) is 0 Å². The van der Waals surface area contributed by atoms with E-state index in [-0.39, 0.29) is 16.9 Å². The van der Waals surface area contributed by atoms with Crippen molar-refractivity contribution < 1.29 is 9.13 Å². The standard InChI is InChI=1S/C14H20FNOS/c1-9(2)6-10(3)17-8-11-7-12(15)4-5-13(11)14(16)18/h4-5,7,9-10H,6,8H2,1-3H3,(H2,16,18). The highest BCUT2D eigenvalue weighted by Crippen LogP contribution is 2.15. The number of ether oxygens (including phenoxy) is 1. The lowest BCUT2D eigenvalue weighted by molar-refractivity contribution is 0.0395. The van der Waals surface area contributed by atoms with Gasteiger partial charge in [-0.1, -0.05) is 26.1 Å². The summed E-state index contributed by atoms with van der Waals surface area (Å²) in [5.74, 6) is 0.271. The van der Waals surface area contributed by atoms with Gasteiger partial charge in [0.2, 0.25) is 0 Å². The number of benzene rings is 1. The van der Waals surface area contributed by atoms with Crippen LogP contribution in [0.3, 0.4) is 0 Å². The molecular formula is C14H20FNOS. The van der Waals surface area contributed by atoms with E-state index in [4.69, 9.17) is 22.7 Å². The Morgan fingerprint density at radius 3 is 2.61 bits per heavy atom. The Balaban J connectivity index is 2.71. The van der Waals surface area contributed by atoms with Crippen LogP contribution in [0.5, 0.6) is 0 Å². The molecule has 100 valence electrons. The molecule has 0 saturated heterocycles. The van der Waals surface area contributed by atoms with Crippen molar-refractivity contribution in [2.75, 3.05) is 0 Å². The predicted molar refractivity (Wildman–Crippen MR) is 76.0 cm³/mol. The molecule has 2 N–H and O–H groups in total. The molecule has 4 heteroatoms. The van der Waals surface area contributed by atoms with Crippen molar-refractivity contribution in [1.29, 1.82) is 0 Å². The molecule has 0 aliphatic carbocycles. The average molecular weight is 269 g/mol. The largest absolute Gasteiger partial charge is 0.389 e. The quantitative estimate of drug-likeness (QED) is 0.804. The minimum Gasteiger partial charge on any atom is -0.389 e. The number of hydrogen-bond donors (Lipinski definition) is 1. The molecule has 0 aliphatic heterocycles. The predicted octanol–water partition coefficient (Wildman–Crippen LogP) is 3.41. The lowest BCUT2D eigenvalue weighted by Gasteiger charge is -2.16. The van der Waals surface area contributed by atoms with E-state index >= 15 is 0 Å². The van der Waals surface area contributed by atoms with Crippen molar-refractivity contribution in [1.82, 2.24) is 0 Å².